The minimum absolute atomic E-state index is 0.168. The molecule has 0 saturated carbocycles. The van der Waals surface area contributed by atoms with Gasteiger partial charge in [-0.05, 0) is 37.4 Å². The summed E-state index contributed by atoms with van der Waals surface area (Å²) in [7, 11) is 1.82. The van der Waals surface area contributed by atoms with E-state index in [0.717, 1.165) is 6.07 Å². The third-order valence-corrected chi connectivity index (χ3v) is 3.27. The molecule has 0 amide bonds. The van der Waals surface area contributed by atoms with Crippen molar-refractivity contribution >= 4 is 0 Å². The van der Waals surface area contributed by atoms with Gasteiger partial charge in [0.15, 0.2) is 0 Å². The van der Waals surface area contributed by atoms with Crippen molar-refractivity contribution in [3.05, 3.63) is 35.4 Å². The number of hydrogen-bond acceptors (Lipinski definition) is 1. The first-order valence-corrected chi connectivity index (χ1v) is 6.02. The van der Waals surface area contributed by atoms with E-state index < -0.39 is 17.2 Å². The van der Waals surface area contributed by atoms with Gasteiger partial charge in [-0.25, -0.2) is 0 Å². The first kappa shape index (κ1) is 15.0. The molecule has 0 aliphatic heterocycles. The summed E-state index contributed by atoms with van der Waals surface area (Å²) in [4.78, 5) is 0. The van der Waals surface area contributed by atoms with E-state index in [1.54, 1.807) is 12.1 Å². The molecular formula is C14H20F3N. The molecular weight excluding hydrogens is 239 g/mol. The highest BCUT2D eigenvalue weighted by atomic mass is 19.4. The third kappa shape index (κ3) is 3.48. The van der Waals surface area contributed by atoms with Crippen LogP contribution in [-0.4, -0.2) is 13.1 Å². The molecule has 4 heteroatoms. The molecule has 1 rings (SSSR count). The quantitative estimate of drug-likeness (QED) is 0.862. The second kappa shape index (κ2) is 5.31. The van der Waals surface area contributed by atoms with E-state index in [-0.39, 0.29) is 6.04 Å². The standard InChI is InChI=1S/C14H20F3N/c1-10(18-4)9-13(2,3)11-7-5-6-8-12(11)14(15,16)17/h5-8,10,18H,9H2,1-4H3. The molecule has 102 valence electrons. The van der Waals surface area contributed by atoms with Crippen molar-refractivity contribution in [2.45, 2.75) is 44.8 Å². The van der Waals surface area contributed by atoms with Crippen LogP contribution in [0.5, 0.6) is 0 Å². The van der Waals surface area contributed by atoms with E-state index in [1.165, 1.54) is 6.07 Å². The van der Waals surface area contributed by atoms with Gasteiger partial charge >= 0.3 is 6.18 Å². The van der Waals surface area contributed by atoms with Crippen LogP contribution in [0.4, 0.5) is 13.2 Å². The topological polar surface area (TPSA) is 12.0 Å². The van der Waals surface area contributed by atoms with E-state index in [9.17, 15) is 13.2 Å². The fourth-order valence-electron chi connectivity index (χ4n) is 2.30. The van der Waals surface area contributed by atoms with Gasteiger partial charge in [-0.15, -0.1) is 0 Å². The lowest BCUT2D eigenvalue weighted by atomic mass is 9.77. The van der Waals surface area contributed by atoms with Gasteiger partial charge in [0.1, 0.15) is 0 Å². The molecule has 0 fully saturated rings. The van der Waals surface area contributed by atoms with Gasteiger partial charge in [0.05, 0.1) is 5.56 Å². The molecule has 0 heterocycles. The number of rotatable bonds is 4. The van der Waals surface area contributed by atoms with Gasteiger partial charge in [0.2, 0.25) is 0 Å². The Balaban J connectivity index is 3.16. The Hall–Kier alpha value is -1.03. The molecule has 1 nitrogen and oxygen atoms in total. The molecule has 18 heavy (non-hydrogen) atoms. The smallest absolute Gasteiger partial charge is 0.317 e. The van der Waals surface area contributed by atoms with Gasteiger partial charge in [-0.3, -0.25) is 0 Å². The number of benzene rings is 1. The Labute approximate surface area is 106 Å². The summed E-state index contributed by atoms with van der Waals surface area (Å²) in [5.41, 5.74) is -0.688. The largest absolute Gasteiger partial charge is 0.416 e. The summed E-state index contributed by atoms with van der Waals surface area (Å²) in [5, 5.41) is 3.07. The molecule has 0 bridgehead atoms. The lowest BCUT2D eigenvalue weighted by molar-refractivity contribution is -0.138. The zero-order valence-electron chi connectivity index (χ0n) is 11.2. The van der Waals surface area contributed by atoms with Crippen LogP contribution in [0.1, 0.15) is 38.3 Å². The lowest BCUT2D eigenvalue weighted by Crippen LogP contribution is -2.32. The van der Waals surface area contributed by atoms with E-state index in [4.69, 9.17) is 0 Å². The Morgan fingerprint density at radius 3 is 2.06 bits per heavy atom. The van der Waals surface area contributed by atoms with Crippen LogP contribution in [0.15, 0.2) is 24.3 Å². The summed E-state index contributed by atoms with van der Waals surface area (Å²) in [6.45, 7) is 5.68. The van der Waals surface area contributed by atoms with E-state index in [1.807, 2.05) is 27.8 Å². The number of halogens is 3. The predicted molar refractivity (Wildman–Crippen MR) is 67.6 cm³/mol. The summed E-state index contributed by atoms with van der Waals surface area (Å²) in [6, 6.07) is 5.99. The van der Waals surface area contributed by atoms with Crippen molar-refractivity contribution in [3.63, 3.8) is 0 Å². The molecule has 0 spiro atoms. The van der Waals surface area contributed by atoms with Crippen LogP contribution in [0.3, 0.4) is 0 Å². The van der Waals surface area contributed by atoms with Gasteiger partial charge in [0, 0.05) is 6.04 Å². The second-order valence-corrected chi connectivity index (χ2v) is 5.32. The van der Waals surface area contributed by atoms with Gasteiger partial charge < -0.3 is 5.32 Å². The monoisotopic (exact) mass is 259 g/mol. The molecule has 0 aliphatic rings. The molecule has 0 saturated heterocycles. The number of nitrogens with one attached hydrogen (secondary N) is 1. The molecule has 0 aliphatic carbocycles. The van der Waals surface area contributed by atoms with Crippen molar-refractivity contribution in [2.75, 3.05) is 7.05 Å². The lowest BCUT2D eigenvalue weighted by Gasteiger charge is -2.31. The highest BCUT2D eigenvalue weighted by molar-refractivity contribution is 5.35. The van der Waals surface area contributed by atoms with Crippen molar-refractivity contribution in [3.8, 4) is 0 Å². The summed E-state index contributed by atoms with van der Waals surface area (Å²) in [5.74, 6) is 0. The molecule has 1 unspecified atom stereocenters. The summed E-state index contributed by atoms with van der Waals surface area (Å²) < 4.78 is 38.9. The zero-order valence-corrected chi connectivity index (χ0v) is 11.2. The molecule has 0 aromatic heterocycles. The Bertz CT molecular complexity index is 396. The van der Waals surface area contributed by atoms with Crippen LogP contribution in [0, 0.1) is 0 Å². The maximum atomic E-state index is 13.0. The van der Waals surface area contributed by atoms with Gasteiger partial charge in [-0.1, -0.05) is 32.0 Å². The van der Waals surface area contributed by atoms with E-state index >= 15 is 0 Å². The first-order chi connectivity index (χ1) is 8.18. The minimum atomic E-state index is -4.29. The van der Waals surface area contributed by atoms with E-state index in [0.29, 0.717) is 12.0 Å². The van der Waals surface area contributed by atoms with Crippen LogP contribution in [0.2, 0.25) is 0 Å². The SMILES string of the molecule is CNC(C)CC(C)(C)c1ccccc1C(F)(F)F. The summed E-state index contributed by atoms with van der Waals surface area (Å²) >= 11 is 0. The number of alkyl halides is 3. The fraction of sp³-hybridized carbons (Fsp3) is 0.571. The predicted octanol–water partition coefficient (Wildman–Crippen LogP) is 3.98. The summed E-state index contributed by atoms with van der Waals surface area (Å²) in [6.07, 6.45) is -3.65. The fourth-order valence-corrected chi connectivity index (χ4v) is 2.30. The third-order valence-electron chi connectivity index (χ3n) is 3.27. The second-order valence-electron chi connectivity index (χ2n) is 5.32. The maximum absolute atomic E-state index is 13.0. The van der Waals surface area contributed by atoms with Crippen molar-refractivity contribution < 1.29 is 13.2 Å². The average Bonchev–Trinajstić information content (AvgIpc) is 2.27. The van der Waals surface area contributed by atoms with E-state index in [2.05, 4.69) is 5.32 Å². The van der Waals surface area contributed by atoms with Crippen LogP contribution in [0.25, 0.3) is 0 Å². The average molecular weight is 259 g/mol. The first-order valence-electron chi connectivity index (χ1n) is 6.02. The molecule has 1 aromatic carbocycles. The highest BCUT2D eigenvalue weighted by Crippen LogP contribution is 2.39. The molecule has 0 radical (unpaired) electrons. The van der Waals surface area contributed by atoms with Crippen molar-refractivity contribution in [1.29, 1.82) is 0 Å². The minimum Gasteiger partial charge on any atom is -0.317 e. The van der Waals surface area contributed by atoms with Gasteiger partial charge in [-0.2, -0.15) is 13.2 Å². The van der Waals surface area contributed by atoms with Crippen LogP contribution < -0.4 is 5.32 Å². The maximum Gasteiger partial charge on any atom is 0.416 e. The van der Waals surface area contributed by atoms with Crippen molar-refractivity contribution in [1.82, 2.24) is 5.32 Å². The normalized spacial score (nSPS) is 14.6. The van der Waals surface area contributed by atoms with Crippen LogP contribution >= 0.6 is 0 Å². The molecule has 1 aromatic rings. The van der Waals surface area contributed by atoms with Crippen LogP contribution in [-0.2, 0) is 11.6 Å². The Morgan fingerprint density at radius 1 is 1.11 bits per heavy atom. The Kier molecular flexibility index (Phi) is 4.43. The number of hydrogen-bond donors (Lipinski definition) is 1. The zero-order chi connectivity index (χ0) is 14.0. The molecule has 1 atom stereocenters. The molecule has 1 N–H and O–H groups in total. The highest BCUT2D eigenvalue weighted by Gasteiger charge is 2.37. The van der Waals surface area contributed by atoms with Crippen molar-refractivity contribution in [2.24, 2.45) is 0 Å². The van der Waals surface area contributed by atoms with Gasteiger partial charge in [0.25, 0.3) is 0 Å². The Morgan fingerprint density at radius 2 is 1.61 bits per heavy atom.